The molecule has 0 fully saturated rings. The number of aryl methyl sites for hydroxylation is 2. The minimum absolute atomic E-state index is 0.167. The minimum Gasteiger partial charge on any atom is -0.348 e. The molecule has 4 rings (SSSR count). The Morgan fingerprint density at radius 2 is 1.81 bits per heavy atom. The number of pyridine rings is 1. The summed E-state index contributed by atoms with van der Waals surface area (Å²) in [5, 5.41) is 7.13. The molecule has 0 saturated carbocycles. The van der Waals surface area contributed by atoms with Gasteiger partial charge < -0.3 is 5.32 Å². The van der Waals surface area contributed by atoms with Gasteiger partial charge in [-0.3, -0.25) is 9.52 Å². The first kappa shape index (κ1) is 20.6. The molecule has 2 heterocycles. The molecule has 8 heteroatoms. The van der Waals surface area contributed by atoms with Crippen LogP contribution in [0.1, 0.15) is 27.0 Å². The van der Waals surface area contributed by atoms with Crippen LogP contribution in [0.5, 0.6) is 0 Å². The summed E-state index contributed by atoms with van der Waals surface area (Å²) in [6.45, 7) is 3.99. The third kappa shape index (κ3) is 4.44. The van der Waals surface area contributed by atoms with E-state index in [0.717, 1.165) is 22.2 Å². The van der Waals surface area contributed by atoms with Gasteiger partial charge >= 0.3 is 0 Å². The summed E-state index contributed by atoms with van der Waals surface area (Å²) in [5.74, 6) is -0.300. The van der Waals surface area contributed by atoms with Gasteiger partial charge in [-0.05, 0) is 55.8 Å². The molecule has 0 radical (unpaired) electrons. The van der Waals surface area contributed by atoms with Gasteiger partial charge in [0, 0.05) is 23.9 Å². The molecule has 158 valence electrons. The number of fused-ring (bicyclic) bond motifs is 1. The van der Waals surface area contributed by atoms with Crippen molar-refractivity contribution in [1.29, 1.82) is 0 Å². The van der Waals surface area contributed by atoms with E-state index in [2.05, 4.69) is 15.1 Å². The predicted octanol–water partition coefficient (Wildman–Crippen LogP) is 3.68. The van der Waals surface area contributed by atoms with Gasteiger partial charge in [0.05, 0.1) is 22.3 Å². The topological polar surface area (TPSA) is 92.6 Å². The molecular formula is C23H22N4O3S. The van der Waals surface area contributed by atoms with Gasteiger partial charge in [-0.2, -0.15) is 5.10 Å². The molecule has 7 nitrogen and oxygen atoms in total. The van der Waals surface area contributed by atoms with E-state index >= 15 is 0 Å². The fourth-order valence-corrected chi connectivity index (χ4v) is 4.32. The molecule has 0 bridgehead atoms. The Hall–Kier alpha value is -3.65. The van der Waals surface area contributed by atoms with E-state index in [1.165, 1.54) is 0 Å². The van der Waals surface area contributed by atoms with Gasteiger partial charge in [0.15, 0.2) is 0 Å². The molecule has 2 aromatic heterocycles. The SMILES string of the molecule is Cc1ccc(S(=O)(=O)Nc2cc(C(=O)NCc3cnn4ccccc34)ccc2C)cc1. The smallest absolute Gasteiger partial charge is 0.261 e. The van der Waals surface area contributed by atoms with Crippen LogP contribution < -0.4 is 10.0 Å². The monoisotopic (exact) mass is 434 g/mol. The van der Waals surface area contributed by atoms with Crippen LogP contribution in [0.15, 0.2) is 78.0 Å². The van der Waals surface area contributed by atoms with Crippen LogP contribution >= 0.6 is 0 Å². The number of hydrogen-bond donors (Lipinski definition) is 2. The van der Waals surface area contributed by atoms with E-state index in [1.54, 1.807) is 60.1 Å². The van der Waals surface area contributed by atoms with Crippen molar-refractivity contribution in [3.63, 3.8) is 0 Å². The molecule has 0 aliphatic rings. The lowest BCUT2D eigenvalue weighted by Crippen LogP contribution is -2.23. The van der Waals surface area contributed by atoms with Crippen molar-refractivity contribution in [1.82, 2.24) is 14.9 Å². The highest BCUT2D eigenvalue weighted by Crippen LogP contribution is 2.22. The van der Waals surface area contributed by atoms with E-state index in [-0.39, 0.29) is 10.8 Å². The number of nitrogens with one attached hydrogen (secondary N) is 2. The number of nitrogens with zero attached hydrogens (tertiary/aromatic N) is 2. The molecule has 0 atom stereocenters. The summed E-state index contributed by atoms with van der Waals surface area (Å²) in [7, 11) is -3.76. The van der Waals surface area contributed by atoms with Crippen LogP contribution in [0.4, 0.5) is 5.69 Å². The van der Waals surface area contributed by atoms with Gasteiger partial charge in [0.1, 0.15) is 0 Å². The first-order valence-electron chi connectivity index (χ1n) is 9.73. The Kier molecular flexibility index (Phi) is 5.48. The summed E-state index contributed by atoms with van der Waals surface area (Å²) in [4.78, 5) is 12.9. The Balaban J connectivity index is 1.51. The van der Waals surface area contributed by atoms with E-state index in [1.807, 2.05) is 31.3 Å². The molecule has 31 heavy (non-hydrogen) atoms. The zero-order chi connectivity index (χ0) is 22.0. The van der Waals surface area contributed by atoms with Crippen LogP contribution in [0.25, 0.3) is 5.52 Å². The van der Waals surface area contributed by atoms with Gasteiger partial charge in [-0.1, -0.05) is 29.8 Å². The number of aromatic nitrogens is 2. The molecule has 2 N–H and O–H groups in total. The zero-order valence-corrected chi connectivity index (χ0v) is 18.0. The van der Waals surface area contributed by atoms with Crippen molar-refractivity contribution >= 4 is 27.1 Å². The maximum Gasteiger partial charge on any atom is 0.261 e. The second-order valence-corrected chi connectivity index (χ2v) is 9.01. The van der Waals surface area contributed by atoms with Crippen molar-refractivity contribution in [2.45, 2.75) is 25.3 Å². The van der Waals surface area contributed by atoms with E-state index in [9.17, 15) is 13.2 Å². The molecule has 0 saturated heterocycles. The molecule has 4 aromatic rings. The highest BCUT2D eigenvalue weighted by atomic mass is 32.2. The molecule has 0 aliphatic carbocycles. The van der Waals surface area contributed by atoms with Crippen molar-refractivity contribution in [3.05, 3.63) is 95.3 Å². The Morgan fingerprint density at radius 1 is 1.03 bits per heavy atom. The van der Waals surface area contributed by atoms with Gasteiger partial charge in [0.2, 0.25) is 0 Å². The largest absolute Gasteiger partial charge is 0.348 e. The summed E-state index contributed by atoms with van der Waals surface area (Å²) in [6.07, 6.45) is 3.55. The lowest BCUT2D eigenvalue weighted by molar-refractivity contribution is 0.0951. The van der Waals surface area contributed by atoms with Crippen LogP contribution in [0.2, 0.25) is 0 Å². The zero-order valence-electron chi connectivity index (χ0n) is 17.2. The van der Waals surface area contributed by atoms with Crippen LogP contribution in [0, 0.1) is 13.8 Å². The number of sulfonamides is 1. The predicted molar refractivity (Wildman–Crippen MR) is 120 cm³/mol. The number of amides is 1. The van der Waals surface area contributed by atoms with Crippen molar-refractivity contribution in [2.24, 2.45) is 0 Å². The molecular weight excluding hydrogens is 412 g/mol. The maximum absolute atomic E-state index is 12.7. The molecule has 0 unspecified atom stereocenters. The number of anilines is 1. The normalized spacial score (nSPS) is 11.4. The van der Waals surface area contributed by atoms with Gasteiger partial charge in [-0.25, -0.2) is 12.9 Å². The van der Waals surface area contributed by atoms with Gasteiger partial charge in [-0.15, -0.1) is 0 Å². The molecule has 1 amide bonds. The second kappa shape index (κ2) is 8.23. The average molecular weight is 435 g/mol. The summed E-state index contributed by atoms with van der Waals surface area (Å²) < 4.78 is 29.8. The quantitative estimate of drug-likeness (QED) is 0.484. The van der Waals surface area contributed by atoms with Crippen LogP contribution in [-0.2, 0) is 16.6 Å². The first-order valence-corrected chi connectivity index (χ1v) is 11.2. The highest BCUT2D eigenvalue weighted by Gasteiger charge is 2.17. The Bertz CT molecular complexity index is 1360. The number of carbonyl (C=O) groups excluding carboxylic acids is 1. The van der Waals surface area contributed by atoms with Crippen molar-refractivity contribution in [2.75, 3.05) is 4.72 Å². The number of benzene rings is 2. The van der Waals surface area contributed by atoms with Crippen LogP contribution in [-0.4, -0.2) is 23.9 Å². The molecule has 0 spiro atoms. The van der Waals surface area contributed by atoms with Gasteiger partial charge in [0.25, 0.3) is 15.9 Å². The molecule has 2 aromatic carbocycles. The number of rotatable bonds is 6. The van der Waals surface area contributed by atoms with E-state index < -0.39 is 10.0 Å². The second-order valence-electron chi connectivity index (χ2n) is 7.33. The van der Waals surface area contributed by atoms with E-state index in [4.69, 9.17) is 0 Å². The summed E-state index contributed by atoms with van der Waals surface area (Å²) in [5.41, 5.74) is 4.22. The van der Waals surface area contributed by atoms with E-state index in [0.29, 0.717) is 17.8 Å². The first-order chi connectivity index (χ1) is 14.8. The number of hydrogen-bond acceptors (Lipinski definition) is 4. The fraction of sp³-hybridized carbons (Fsp3) is 0.130. The summed E-state index contributed by atoms with van der Waals surface area (Å²) >= 11 is 0. The Labute approximate surface area is 180 Å². The standard InChI is InChI=1S/C23H22N4O3S/c1-16-6-10-20(11-7-16)31(29,30)26-21-13-18(9-8-17(21)2)23(28)24-14-19-15-25-27-12-4-3-5-22(19)27/h3-13,15,26H,14H2,1-2H3,(H,24,28). The third-order valence-electron chi connectivity index (χ3n) is 5.02. The number of carbonyl (C=O) groups is 1. The van der Waals surface area contributed by atoms with Crippen molar-refractivity contribution in [3.8, 4) is 0 Å². The minimum atomic E-state index is -3.76. The van der Waals surface area contributed by atoms with Crippen LogP contribution in [0.3, 0.4) is 0 Å². The lowest BCUT2D eigenvalue weighted by atomic mass is 10.1. The fourth-order valence-electron chi connectivity index (χ4n) is 3.20. The lowest BCUT2D eigenvalue weighted by Gasteiger charge is -2.13. The highest BCUT2D eigenvalue weighted by molar-refractivity contribution is 7.92. The Morgan fingerprint density at radius 3 is 2.58 bits per heavy atom. The third-order valence-corrected chi connectivity index (χ3v) is 6.40. The summed E-state index contributed by atoms with van der Waals surface area (Å²) in [6, 6.07) is 17.3. The average Bonchev–Trinajstić information content (AvgIpc) is 3.17. The molecule has 0 aliphatic heterocycles. The maximum atomic E-state index is 12.7. The van der Waals surface area contributed by atoms with Crippen molar-refractivity contribution < 1.29 is 13.2 Å².